The fourth-order valence-corrected chi connectivity index (χ4v) is 2.80. The Labute approximate surface area is 150 Å². The molecule has 136 valence electrons. The SMILES string of the molecule is COCCCOc1ccccc1NC(=O)CCC1CCNCC1.Cl. The number of rotatable bonds is 9. The van der Waals surface area contributed by atoms with Gasteiger partial charge in [0.05, 0.1) is 12.3 Å². The number of methoxy groups -OCH3 is 1. The molecule has 6 heteroatoms. The van der Waals surface area contributed by atoms with E-state index in [1.807, 2.05) is 24.3 Å². The highest BCUT2D eigenvalue weighted by Crippen LogP contribution is 2.25. The van der Waals surface area contributed by atoms with Crippen molar-refractivity contribution in [2.45, 2.75) is 32.1 Å². The Morgan fingerprint density at radius 3 is 2.75 bits per heavy atom. The first kappa shape index (κ1) is 20.7. The van der Waals surface area contributed by atoms with Gasteiger partial charge in [-0.2, -0.15) is 0 Å². The smallest absolute Gasteiger partial charge is 0.224 e. The van der Waals surface area contributed by atoms with Gasteiger partial charge in [-0.05, 0) is 50.4 Å². The number of piperidine rings is 1. The quantitative estimate of drug-likeness (QED) is 0.667. The molecule has 2 N–H and O–H groups in total. The molecule has 0 saturated carbocycles. The van der Waals surface area contributed by atoms with Gasteiger partial charge in [-0.3, -0.25) is 4.79 Å². The van der Waals surface area contributed by atoms with Crippen LogP contribution < -0.4 is 15.4 Å². The van der Waals surface area contributed by atoms with Crippen LogP contribution in [0.2, 0.25) is 0 Å². The Balaban J connectivity index is 0.00000288. The van der Waals surface area contributed by atoms with E-state index in [9.17, 15) is 4.79 Å². The zero-order chi connectivity index (χ0) is 16.3. The van der Waals surface area contributed by atoms with E-state index in [1.165, 1.54) is 12.8 Å². The third kappa shape index (κ3) is 7.51. The minimum absolute atomic E-state index is 0. The first-order chi connectivity index (χ1) is 11.3. The van der Waals surface area contributed by atoms with Crippen LogP contribution in [0.1, 0.15) is 32.1 Å². The number of hydrogen-bond acceptors (Lipinski definition) is 4. The van der Waals surface area contributed by atoms with E-state index in [-0.39, 0.29) is 18.3 Å². The number of nitrogens with one attached hydrogen (secondary N) is 2. The van der Waals surface area contributed by atoms with Gasteiger partial charge < -0.3 is 20.1 Å². The molecule has 1 aliphatic rings. The number of carbonyl (C=O) groups is 1. The number of para-hydroxylation sites is 2. The highest BCUT2D eigenvalue weighted by Gasteiger charge is 2.15. The van der Waals surface area contributed by atoms with Crippen LogP contribution in [0.4, 0.5) is 5.69 Å². The average Bonchev–Trinajstić information content (AvgIpc) is 2.59. The third-order valence-electron chi connectivity index (χ3n) is 4.15. The average molecular weight is 357 g/mol. The molecule has 0 unspecified atom stereocenters. The molecule has 0 aliphatic carbocycles. The molecule has 0 aromatic heterocycles. The Morgan fingerprint density at radius 2 is 2.00 bits per heavy atom. The van der Waals surface area contributed by atoms with Gasteiger partial charge in [-0.25, -0.2) is 0 Å². The van der Waals surface area contributed by atoms with Crippen molar-refractivity contribution >= 4 is 24.0 Å². The minimum atomic E-state index is 0. The van der Waals surface area contributed by atoms with Crippen molar-refractivity contribution in [1.29, 1.82) is 0 Å². The lowest BCUT2D eigenvalue weighted by atomic mass is 9.93. The van der Waals surface area contributed by atoms with E-state index in [4.69, 9.17) is 9.47 Å². The van der Waals surface area contributed by atoms with E-state index in [2.05, 4.69) is 10.6 Å². The molecule has 0 spiro atoms. The number of amides is 1. The number of anilines is 1. The second-order valence-corrected chi connectivity index (χ2v) is 5.97. The summed E-state index contributed by atoms with van der Waals surface area (Å²) < 4.78 is 10.7. The van der Waals surface area contributed by atoms with Crippen molar-refractivity contribution in [2.24, 2.45) is 5.92 Å². The second-order valence-electron chi connectivity index (χ2n) is 5.97. The molecule has 2 rings (SSSR count). The van der Waals surface area contributed by atoms with Crippen LogP contribution >= 0.6 is 12.4 Å². The normalized spacial score (nSPS) is 14.7. The van der Waals surface area contributed by atoms with Gasteiger partial charge in [0.25, 0.3) is 0 Å². The number of ether oxygens (including phenoxy) is 2. The maximum Gasteiger partial charge on any atom is 0.224 e. The molecule has 1 aromatic rings. The van der Waals surface area contributed by atoms with Gasteiger partial charge >= 0.3 is 0 Å². The third-order valence-corrected chi connectivity index (χ3v) is 4.15. The van der Waals surface area contributed by atoms with Crippen molar-refractivity contribution in [3.63, 3.8) is 0 Å². The molecule has 0 radical (unpaired) electrons. The standard InChI is InChI=1S/C18H28N2O3.ClH/c1-22-13-4-14-23-17-6-3-2-5-16(17)20-18(21)8-7-15-9-11-19-12-10-15;/h2-3,5-6,15,19H,4,7-14H2,1H3,(H,20,21);1H. The lowest BCUT2D eigenvalue weighted by Gasteiger charge is -2.22. The van der Waals surface area contributed by atoms with Crippen molar-refractivity contribution in [1.82, 2.24) is 5.32 Å². The summed E-state index contributed by atoms with van der Waals surface area (Å²) in [4.78, 5) is 12.2. The van der Waals surface area contributed by atoms with Crippen LogP contribution in [-0.2, 0) is 9.53 Å². The predicted octanol–water partition coefficient (Wildman–Crippen LogP) is 3.24. The van der Waals surface area contributed by atoms with Crippen LogP contribution in [0, 0.1) is 5.92 Å². The summed E-state index contributed by atoms with van der Waals surface area (Å²) in [5, 5.41) is 6.33. The Hall–Kier alpha value is -1.30. The topological polar surface area (TPSA) is 59.6 Å². The van der Waals surface area contributed by atoms with Crippen LogP contribution in [-0.4, -0.2) is 39.3 Å². The first-order valence-electron chi connectivity index (χ1n) is 8.51. The molecule has 1 fully saturated rings. The van der Waals surface area contributed by atoms with Crippen LogP contribution in [0.15, 0.2) is 24.3 Å². The highest BCUT2D eigenvalue weighted by molar-refractivity contribution is 5.92. The monoisotopic (exact) mass is 356 g/mol. The van der Waals surface area contributed by atoms with Crippen molar-refractivity contribution < 1.29 is 14.3 Å². The van der Waals surface area contributed by atoms with E-state index >= 15 is 0 Å². The molecule has 0 bridgehead atoms. The van der Waals surface area contributed by atoms with E-state index in [0.717, 1.165) is 37.4 Å². The first-order valence-corrected chi connectivity index (χ1v) is 8.51. The van der Waals surface area contributed by atoms with E-state index in [1.54, 1.807) is 7.11 Å². The van der Waals surface area contributed by atoms with Gasteiger partial charge in [0.2, 0.25) is 5.91 Å². The van der Waals surface area contributed by atoms with E-state index < -0.39 is 0 Å². The number of benzene rings is 1. The van der Waals surface area contributed by atoms with Crippen LogP contribution in [0.25, 0.3) is 0 Å². The molecular weight excluding hydrogens is 328 g/mol. The minimum Gasteiger partial charge on any atom is -0.491 e. The summed E-state index contributed by atoms with van der Waals surface area (Å²) in [6, 6.07) is 7.59. The van der Waals surface area contributed by atoms with Crippen LogP contribution in [0.3, 0.4) is 0 Å². The van der Waals surface area contributed by atoms with Crippen molar-refractivity contribution in [3.05, 3.63) is 24.3 Å². The molecule has 24 heavy (non-hydrogen) atoms. The largest absolute Gasteiger partial charge is 0.491 e. The summed E-state index contributed by atoms with van der Waals surface area (Å²) in [6.07, 6.45) is 4.71. The zero-order valence-corrected chi connectivity index (χ0v) is 15.2. The zero-order valence-electron chi connectivity index (χ0n) is 14.4. The number of carbonyl (C=O) groups excluding carboxylic acids is 1. The summed E-state index contributed by atoms with van der Waals surface area (Å²) >= 11 is 0. The predicted molar refractivity (Wildman–Crippen MR) is 99.1 cm³/mol. The number of hydrogen-bond donors (Lipinski definition) is 2. The van der Waals surface area contributed by atoms with E-state index in [0.29, 0.717) is 25.6 Å². The molecule has 1 saturated heterocycles. The second kappa shape index (κ2) is 12.1. The maximum absolute atomic E-state index is 12.2. The lowest BCUT2D eigenvalue weighted by Crippen LogP contribution is -2.28. The van der Waals surface area contributed by atoms with Gasteiger partial charge in [-0.15, -0.1) is 12.4 Å². The molecule has 1 aromatic carbocycles. The van der Waals surface area contributed by atoms with Gasteiger partial charge in [0.15, 0.2) is 0 Å². The van der Waals surface area contributed by atoms with Crippen LogP contribution in [0.5, 0.6) is 5.75 Å². The summed E-state index contributed by atoms with van der Waals surface area (Å²) in [5.74, 6) is 1.46. The summed E-state index contributed by atoms with van der Waals surface area (Å²) in [5.41, 5.74) is 0.750. The molecule has 1 aliphatic heterocycles. The molecular formula is C18H29ClN2O3. The fourth-order valence-electron chi connectivity index (χ4n) is 2.80. The lowest BCUT2D eigenvalue weighted by molar-refractivity contribution is -0.116. The molecule has 0 atom stereocenters. The van der Waals surface area contributed by atoms with Crippen molar-refractivity contribution in [2.75, 3.05) is 38.7 Å². The molecule has 1 heterocycles. The summed E-state index contributed by atoms with van der Waals surface area (Å²) in [7, 11) is 1.68. The van der Waals surface area contributed by atoms with Gasteiger partial charge in [0.1, 0.15) is 5.75 Å². The fraction of sp³-hybridized carbons (Fsp3) is 0.611. The number of halogens is 1. The molecule has 5 nitrogen and oxygen atoms in total. The van der Waals surface area contributed by atoms with Crippen molar-refractivity contribution in [3.8, 4) is 5.75 Å². The Kier molecular flexibility index (Phi) is 10.5. The molecule has 1 amide bonds. The van der Waals surface area contributed by atoms with Gasteiger partial charge in [-0.1, -0.05) is 12.1 Å². The Bertz CT molecular complexity index is 479. The highest BCUT2D eigenvalue weighted by atomic mass is 35.5. The van der Waals surface area contributed by atoms with Gasteiger partial charge in [0, 0.05) is 26.6 Å². The summed E-state index contributed by atoms with van der Waals surface area (Å²) in [6.45, 7) is 3.40. The Morgan fingerprint density at radius 1 is 1.25 bits per heavy atom. The maximum atomic E-state index is 12.2.